The Hall–Kier alpha value is -0.490. The molecule has 0 aromatic rings. The highest BCUT2D eigenvalue weighted by molar-refractivity contribution is 7.81. The minimum atomic E-state index is -3.25. The fourth-order valence-electron chi connectivity index (χ4n) is 1.10. The van der Waals surface area contributed by atoms with Gasteiger partial charge < -0.3 is 19.1 Å². The molecular formula is C9H18NO5PS. The molecule has 0 aromatic carbocycles. The second-order valence-corrected chi connectivity index (χ2v) is 5.77. The molecule has 0 radical (unpaired) electrons. The third kappa shape index (κ3) is 6.73. The first-order valence-electron chi connectivity index (χ1n) is 5.18. The summed E-state index contributed by atoms with van der Waals surface area (Å²) in [5, 5.41) is 8.60. The molecule has 0 bridgehead atoms. The molecule has 100 valence electrons. The Balaban J connectivity index is 4.49. The van der Waals surface area contributed by atoms with Crippen molar-refractivity contribution in [1.29, 1.82) is 0 Å². The van der Waals surface area contributed by atoms with Crippen LogP contribution in [0.4, 0.5) is 0 Å². The van der Waals surface area contributed by atoms with E-state index in [0.29, 0.717) is 0 Å². The van der Waals surface area contributed by atoms with Gasteiger partial charge in [-0.05, 0) is 13.8 Å². The number of carboxylic acid groups (broad SMARTS) is 1. The zero-order valence-corrected chi connectivity index (χ0v) is 11.9. The van der Waals surface area contributed by atoms with Gasteiger partial charge in [0.1, 0.15) is 12.7 Å². The van der Waals surface area contributed by atoms with Gasteiger partial charge in [0.15, 0.2) is 0 Å². The predicted octanol–water partition coefficient (Wildman–Crippen LogP) is 1.60. The summed E-state index contributed by atoms with van der Waals surface area (Å²) in [5.41, 5.74) is 0. The van der Waals surface area contributed by atoms with E-state index >= 15 is 0 Å². The monoisotopic (exact) mass is 283 g/mol. The smallest absolute Gasteiger partial charge is 0.337 e. The molecule has 17 heavy (non-hydrogen) atoms. The Bertz CT molecular complexity index is 313. The molecule has 6 nitrogen and oxygen atoms in total. The van der Waals surface area contributed by atoms with Crippen LogP contribution in [0.5, 0.6) is 0 Å². The summed E-state index contributed by atoms with van der Waals surface area (Å²) in [6, 6.07) is 0. The van der Waals surface area contributed by atoms with Gasteiger partial charge in [-0.1, -0.05) is 12.2 Å². The summed E-state index contributed by atoms with van der Waals surface area (Å²) in [5.74, 6) is -1.00. The molecule has 0 saturated heterocycles. The summed E-state index contributed by atoms with van der Waals surface area (Å²) in [6.45, 7) is 3.67. The lowest BCUT2D eigenvalue weighted by molar-refractivity contribution is -0.137. The minimum absolute atomic E-state index is 0.0756. The van der Waals surface area contributed by atoms with Gasteiger partial charge in [-0.3, -0.25) is 9.36 Å². The van der Waals surface area contributed by atoms with Crippen molar-refractivity contribution in [2.24, 2.45) is 0 Å². The predicted molar refractivity (Wildman–Crippen MR) is 68.6 cm³/mol. The molecule has 0 heterocycles. The van der Waals surface area contributed by atoms with E-state index in [1.165, 1.54) is 11.9 Å². The van der Waals surface area contributed by atoms with Crippen LogP contribution in [0.25, 0.3) is 0 Å². The number of hydrogen-bond donors (Lipinski definition) is 1. The van der Waals surface area contributed by atoms with Gasteiger partial charge in [0, 0.05) is 7.05 Å². The number of likely N-dealkylation sites (N-methyl/N-ethyl adjacent to an activating group) is 1. The van der Waals surface area contributed by atoms with Crippen molar-refractivity contribution in [3.63, 3.8) is 0 Å². The summed E-state index contributed by atoms with van der Waals surface area (Å²) in [6.07, 6.45) is -0.0756. The SMILES string of the molecule is CCOP(=O)(CC(=S)N(C)CC(=O)O)OCC. The average molecular weight is 283 g/mol. The number of carbonyl (C=O) groups is 1. The second kappa shape index (κ2) is 7.76. The molecule has 8 heteroatoms. The minimum Gasteiger partial charge on any atom is -0.480 e. The van der Waals surface area contributed by atoms with Crippen molar-refractivity contribution in [1.82, 2.24) is 4.90 Å². The lowest BCUT2D eigenvalue weighted by Gasteiger charge is -2.22. The Kier molecular flexibility index (Phi) is 7.54. The number of thiocarbonyl (C=S) groups is 1. The lowest BCUT2D eigenvalue weighted by atomic mass is 10.5. The maximum atomic E-state index is 12.1. The highest BCUT2D eigenvalue weighted by Crippen LogP contribution is 2.48. The highest BCUT2D eigenvalue weighted by Gasteiger charge is 2.27. The summed E-state index contributed by atoms with van der Waals surface area (Å²) in [7, 11) is -1.72. The molecule has 0 aromatic heterocycles. The van der Waals surface area contributed by atoms with Crippen molar-refractivity contribution in [2.75, 3.05) is 33.0 Å². The van der Waals surface area contributed by atoms with Gasteiger partial charge in [0.25, 0.3) is 0 Å². The summed E-state index contributed by atoms with van der Waals surface area (Å²) in [4.78, 5) is 12.1. The molecule has 0 rings (SSSR count). The van der Waals surface area contributed by atoms with Crippen LogP contribution in [-0.4, -0.2) is 53.9 Å². The number of hydrogen-bond acceptors (Lipinski definition) is 5. The molecule has 0 fully saturated rings. The Morgan fingerprint density at radius 3 is 2.18 bits per heavy atom. The molecule has 0 spiro atoms. The van der Waals surface area contributed by atoms with Crippen LogP contribution >= 0.6 is 19.8 Å². The number of aliphatic carboxylic acids is 1. The molecule has 1 N–H and O–H groups in total. The van der Waals surface area contributed by atoms with Crippen molar-refractivity contribution >= 4 is 30.8 Å². The van der Waals surface area contributed by atoms with Gasteiger partial charge >= 0.3 is 13.6 Å². The summed E-state index contributed by atoms with van der Waals surface area (Å²) < 4.78 is 22.2. The van der Waals surface area contributed by atoms with Gasteiger partial charge in [-0.2, -0.15) is 0 Å². The van der Waals surface area contributed by atoms with Crippen molar-refractivity contribution in [3.05, 3.63) is 0 Å². The fourth-order valence-corrected chi connectivity index (χ4v) is 3.25. The molecule has 0 aliphatic carbocycles. The average Bonchev–Trinajstić information content (AvgIpc) is 2.16. The van der Waals surface area contributed by atoms with Crippen molar-refractivity contribution in [2.45, 2.75) is 13.8 Å². The first-order chi connectivity index (χ1) is 7.84. The third-order valence-electron chi connectivity index (χ3n) is 1.78. The quantitative estimate of drug-likeness (QED) is 0.535. The van der Waals surface area contributed by atoms with Crippen LogP contribution in [0, 0.1) is 0 Å². The molecule has 0 unspecified atom stereocenters. The van der Waals surface area contributed by atoms with Crippen LogP contribution in [0.1, 0.15) is 13.8 Å². The van der Waals surface area contributed by atoms with E-state index in [0.717, 1.165) is 0 Å². The third-order valence-corrected chi connectivity index (χ3v) is 4.44. The Morgan fingerprint density at radius 2 is 1.82 bits per heavy atom. The molecule has 0 aliphatic rings. The van der Waals surface area contributed by atoms with Gasteiger partial charge in [-0.25, -0.2) is 0 Å². The molecule has 0 atom stereocenters. The van der Waals surface area contributed by atoms with Crippen LogP contribution in [0.2, 0.25) is 0 Å². The van der Waals surface area contributed by atoms with E-state index in [4.69, 9.17) is 26.4 Å². The molecule has 0 aliphatic heterocycles. The maximum Gasteiger partial charge on any atom is 0.337 e. The first kappa shape index (κ1) is 16.5. The normalized spacial score (nSPS) is 11.2. The van der Waals surface area contributed by atoms with Crippen LogP contribution < -0.4 is 0 Å². The molecular weight excluding hydrogens is 265 g/mol. The number of nitrogens with zero attached hydrogens (tertiary/aromatic N) is 1. The maximum absolute atomic E-state index is 12.1. The van der Waals surface area contributed by atoms with Gasteiger partial charge in [-0.15, -0.1) is 0 Å². The largest absolute Gasteiger partial charge is 0.480 e. The van der Waals surface area contributed by atoms with E-state index in [2.05, 4.69) is 0 Å². The van der Waals surface area contributed by atoms with E-state index < -0.39 is 13.6 Å². The first-order valence-corrected chi connectivity index (χ1v) is 7.32. The van der Waals surface area contributed by atoms with Gasteiger partial charge in [0.05, 0.1) is 18.2 Å². The van der Waals surface area contributed by atoms with E-state index in [-0.39, 0.29) is 30.9 Å². The van der Waals surface area contributed by atoms with E-state index in [1.807, 2.05) is 0 Å². The Labute approximate surface area is 106 Å². The van der Waals surface area contributed by atoms with E-state index in [9.17, 15) is 9.36 Å². The van der Waals surface area contributed by atoms with Crippen LogP contribution in [-0.2, 0) is 18.4 Å². The van der Waals surface area contributed by atoms with Crippen molar-refractivity contribution in [3.8, 4) is 0 Å². The topological polar surface area (TPSA) is 76.1 Å². The van der Waals surface area contributed by atoms with Crippen LogP contribution in [0.3, 0.4) is 0 Å². The van der Waals surface area contributed by atoms with Crippen molar-refractivity contribution < 1.29 is 23.5 Å². The zero-order valence-electron chi connectivity index (χ0n) is 10.2. The number of rotatable bonds is 8. The zero-order chi connectivity index (χ0) is 13.5. The standard InChI is InChI=1S/C9H18NO5PS/c1-4-14-16(13,15-5-2)7-8(17)10(3)6-9(11)12/h4-7H2,1-3H3,(H,11,12). The Morgan fingerprint density at radius 1 is 1.35 bits per heavy atom. The van der Waals surface area contributed by atoms with Crippen LogP contribution in [0.15, 0.2) is 0 Å². The molecule has 0 amide bonds. The summed E-state index contributed by atoms with van der Waals surface area (Å²) >= 11 is 5.00. The second-order valence-electron chi connectivity index (χ2n) is 3.25. The van der Waals surface area contributed by atoms with Gasteiger partial charge in [0.2, 0.25) is 0 Å². The van der Waals surface area contributed by atoms with E-state index in [1.54, 1.807) is 13.8 Å². The molecule has 0 saturated carbocycles. The highest BCUT2D eigenvalue weighted by atomic mass is 32.1. The number of carboxylic acids is 1. The lowest BCUT2D eigenvalue weighted by Crippen LogP contribution is -2.33. The fraction of sp³-hybridized carbons (Fsp3) is 0.778.